The highest BCUT2D eigenvalue weighted by molar-refractivity contribution is 7.22. The first kappa shape index (κ1) is 46.4. The summed E-state index contributed by atoms with van der Waals surface area (Å²) in [4.78, 5) is 37.3. The number of hydrogen-bond acceptors (Lipinski definition) is 13. The largest absolute Gasteiger partial charge is 0.496 e. The van der Waals surface area contributed by atoms with Crippen molar-refractivity contribution in [3.05, 3.63) is 136 Å². The summed E-state index contributed by atoms with van der Waals surface area (Å²) in [6.45, 7) is 12.0. The van der Waals surface area contributed by atoms with Crippen LogP contribution in [-0.4, -0.2) is 107 Å². The van der Waals surface area contributed by atoms with E-state index in [4.69, 9.17) is 51.9 Å². The molecule has 3 aromatic heterocycles. The molecule has 1 fully saturated rings. The van der Waals surface area contributed by atoms with Crippen molar-refractivity contribution in [2.75, 3.05) is 53.5 Å². The zero-order valence-corrected chi connectivity index (χ0v) is 39.1. The van der Waals surface area contributed by atoms with E-state index in [9.17, 15) is 14.3 Å². The lowest BCUT2D eigenvalue weighted by Crippen LogP contribution is -2.48. The summed E-state index contributed by atoms with van der Waals surface area (Å²) >= 11 is 15.4. The van der Waals surface area contributed by atoms with Crippen LogP contribution in [0.1, 0.15) is 30.7 Å². The van der Waals surface area contributed by atoms with Gasteiger partial charge in [0, 0.05) is 61.3 Å². The molecule has 1 saturated heterocycles. The number of fused-ring (bicyclic) bond motifs is 2. The smallest absolute Gasteiger partial charge is 0.345 e. The van der Waals surface area contributed by atoms with Gasteiger partial charge in [0.05, 0.1) is 33.8 Å². The van der Waals surface area contributed by atoms with Gasteiger partial charge in [-0.3, -0.25) is 4.90 Å². The lowest BCUT2D eigenvalue weighted by Gasteiger charge is -2.35. The molecule has 2 aliphatic heterocycles. The van der Waals surface area contributed by atoms with Gasteiger partial charge in [0.15, 0.2) is 11.6 Å². The predicted octanol–water partition coefficient (Wildman–Crippen LogP) is 9.64. The van der Waals surface area contributed by atoms with Crippen LogP contribution in [0.25, 0.3) is 37.6 Å². The van der Waals surface area contributed by atoms with Crippen molar-refractivity contribution in [1.29, 1.82) is 0 Å². The van der Waals surface area contributed by atoms with Gasteiger partial charge in [0.25, 0.3) is 0 Å². The summed E-state index contributed by atoms with van der Waals surface area (Å²) < 4.78 is 45.9. The van der Waals surface area contributed by atoms with Crippen LogP contribution in [0.15, 0.2) is 113 Å². The van der Waals surface area contributed by atoms with E-state index in [1.165, 1.54) is 29.8 Å². The van der Waals surface area contributed by atoms with E-state index in [0.717, 1.165) is 26.2 Å². The molecule has 0 spiro atoms. The lowest BCUT2D eigenvalue weighted by molar-refractivity contribution is -0.145. The summed E-state index contributed by atoms with van der Waals surface area (Å²) in [5.74, 6) is 0.466. The number of hydrogen-bond donors (Lipinski definition) is 1. The van der Waals surface area contributed by atoms with Crippen molar-refractivity contribution < 1.29 is 38.0 Å². The third-order valence-corrected chi connectivity index (χ3v) is 13.1. The molecule has 342 valence electrons. The van der Waals surface area contributed by atoms with Crippen molar-refractivity contribution in [2.24, 2.45) is 0 Å². The second-order valence-electron chi connectivity index (χ2n) is 15.9. The van der Waals surface area contributed by atoms with Gasteiger partial charge in [-0.2, -0.15) is 0 Å². The van der Waals surface area contributed by atoms with E-state index >= 15 is 0 Å². The number of benzene rings is 3. The maximum atomic E-state index is 14.3. The second kappa shape index (κ2) is 20.6. The molecule has 0 amide bonds. The van der Waals surface area contributed by atoms with Crippen LogP contribution in [0.3, 0.4) is 0 Å². The van der Waals surface area contributed by atoms with Gasteiger partial charge in [-0.15, -0.1) is 11.3 Å². The standard InChI is InChI=1S/C49H47Cl2FN6O7S/c1-28-29(2)43(51)44(30(3)50)64-36(24-58-20-18-57(4)19-21-58)26-62-35-14-15-38(63-25-34-16-17-53-46(56-34)37-8-6-7-9-39(37)61-5)32(22-35)23-40(49(59)60)65-47-42-41(28)45(66-48(42)55-27-54-47)31-10-12-33(52)13-11-31/h6-17,22,27,36,40H,1,18-21,23-26H2,2-5H3,(H,59,60)/b43-29+,44-30-/t36-,40-/m1/s1. The number of likely N-dealkylation sites (N-methyl/N-ethyl adjacent to an activating group) is 1. The minimum absolute atomic E-state index is 0.00564. The quantitative estimate of drug-likeness (QED) is 0.147. The van der Waals surface area contributed by atoms with E-state index in [1.54, 1.807) is 63.6 Å². The Labute approximate surface area is 395 Å². The van der Waals surface area contributed by atoms with Crippen LogP contribution in [0.2, 0.25) is 0 Å². The number of carbonyl (C=O) groups is 1. The lowest BCUT2D eigenvalue weighted by atomic mass is 9.95. The van der Waals surface area contributed by atoms with Gasteiger partial charge in [-0.25, -0.2) is 29.1 Å². The van der Waals surface area contributed by atoms with E-state index in [0.29, 0.717) is 88.8 Å². The monoisotopic (exact) mass is 952 g/mol. The minimum Gasteiger partial charge on any atom is -0.496 e. The summed E-state index contributed by atoms with van der Waals surface area (Å²) in [7, 11) is 3.68. The van der Waals surface area contributed by atoms with Gasteiger partial charge >= 0.3 is 5.97 Å². The summed E-state index contributed by atoms with van der Waals surface area (Å²) in [5.41, 5.74) is 3.90. The Morgan fingerprint density at radius 3 is 2.53 bits per heavy atom. The zero-order valence-electron chi connectivity index (χ0n) is 36.7. The Morgan fingerprint density at radius 2 is 1.79 bits per heavy atom. The molecule has 0 unspecified atom stereocenters. The molecule has 2 bridgehead atoms. The highest BCUT2D eigenvalue weighted by Crippen LogP contribution is 2.47. The number of allylic oxidation sites excluding steroid dienone is 4. The number of aliphatic carboxylic acids is 1. The van der Waals surface area contributed by atoms with E-state index in [-0.39, 0.29) is 36.3 Å². The van der Waals surface area contributed by atoms with Crippen molar-refractivity contribution in [3.8, 4) is 45.0 Å². The summed E-state index contributed by atoms with van der Waals surface area (Å²) in [6.07, 6.45) is 0.737. The first-order valence-corrected chi connectivity index (χ1v) is 22.7. The maximum absolute atomic E-state index is 14.3. The van der Waals surface area contributed by atoms with Crippen LogP contribution in [0.4, 0.5) is 4.39 Å². The number of halogens is 3. The molecule has 5 heterocycles. The van der Waals surface area contributed by atoms with Gasteiger partial charge < -0.3 is 33.7 Å². The Balaban J connectivity index is 1.23. The van der Waals surface area contributed by atoms with Crippen LogP contribution in [-0.2, 0) is 22.6 Å². The number of nitrogens with zero attached hydrogens (tertiary/aromatic N) is 6. The number of ether oxygens (including phenoxy) is 5. The molecule has 3 aromatic carbocycles. The number of carboxylic acids is 1. The number of carboxylic acid groups (broad SMARTS) is 1. The van der Waals surface area contributed by atoms with Crippen LogP contribution in [0, 0.1) is 5.82 Å². The first-order valence-electron chi connectivity index (χ1n) is 21.1. The molecule has 1 N–H and O–H groups in total. The third-order valence-electron chi connectivity index (χ3n) is 11.3. The Bertz CT molecular complexity index is 2830. The zero-order chi connectivity index (χ0) is 46.5. The molecule has 13 nitrogen and oxygen atoms in total. The van der Waals surface area contributed by atoms with Crippen LogP contribution < -0.4 is 18.9 Å². The molecule has 2 atom stereocenters. The van der Waals surface area contributed by atoms with Gasteiger partial charge in [0.2, 0.25) is 12.0 Å². The summed E-state index contributed by atoms with van der Waals surface area (Å²) in [5, 5.41) is 11.7. The first-order chi connectivity index (χ1) is 31.9. The fourth-order valence-corrected chi connectivity index (χ4v) is 9.36. The number of para-hydroxylation sites is 1. The number of methoxy groups -OCH3 is 1. The van der Waals surface area contributed by atoms with Crippen molar-refractivity contribution in [3.63, 3.8) is 0 Å². The number of rotatable bonds is 9. The van der Waals surface area contributed by atoms with E-state index in [2.05, 4.69) is 38.4 Å². The SMILES string of the molecule is C=C1/C(C)=C(Cl)\C(=C(/C)Cl)O[C@H](CN2CCN(C)CC2)COc2ccc(OCc3ccnc(-c4ccccc4OC)n3)c(c2)C[C@H](C(=O)O)Oc2ncnc3sc(-c4ccc(F)cc4)c1c23. The molecule has 6 aromatic rings. The molecule has 2 aliphatic rings. The highest BCUT2D eigenvalue weighted by Gasteiger charge is 2.30. The molecule has 17 heteroatoms. The van der Waals surface area contributed by atoms with E-state index < -0.39 is 24.0 Å². The number of thiophene rings is 1. The predicted molar refractivity (Wildman–Crippen MR) is 254 cm³/mol. The average molecular weight is 954 g/mol. The molecule has 0 radical (unpaired) electrons. The molecule has 0 aliphatic carbocycles. The van der Waals surface area contributed by atoms with Crippen LogP contribution >= 0.6 is 34.5 Å². The van der Waals surface area contributed by atoms with Crippen molar-refractivity contribution in [2.45, 2.75) is 39.1 Å². The second-order valence-corrected chi connectivity index (χ2v) is 17.8. The Hall–Kier alpha value is -6.10. The van der Waals surface area contributed by atoms with Crippen molar-refractivity contribution >= 4 is 56.3 Å². The highest BCUT2D eigenvalue weighted by atomic mass is 35.5. The van der Waals surface area contributed by atoms with Gasteiger partial charge in [-0.05, 0) is 86.1 Å². The number of aromatic nitrogens is 4. The molecule has 66 heavy (non-hydrogen) atoms. The molecular weight excluding hydrogens is 907 g/mol. The molecule has 0 saturated carbocycles. The minimum atomic E-state index is -1.48. The van der Waals surface area contributed by atoms with Gasteiger partial charge in [0.1, 0.15) is 53.5 Å². The topological polar surface area (TPSA) is 141 Å². The maximum Gasteiger partial charge on any atom is 0.345 e. The molecule has 8 rings (SSSR count). The van der Waals surface area contributed by atoms with Gasteiger partial charge in [-0.1, -0.05) is 54.0 Å². The van der Waals surface area contributed by atoms with E-state index in [1.807, 2.05) is 24.3 Å². The fourth-order valence-electron chi connectivity index (χ4n) is 7.71. The normalized spacial score (nSPS) is 19.6. The Morgan fingerprint density at radius 1 is 1.02 bits per heavy atom. The third kappa shape index (κ3) is 10.5. The fraction of sp³-hybridized carbons (Fsp3) is 0.286. The van der Waals surface area contributed by atoms with Crippen molar-refractivity contribution in [1.82, 2.24) is 29.7 Å². The number of piperazine rings is 1. The average Bonchev–Trinajstić information content (AvgIpc) is 3.72. The summed E-state index contributed by atoms with van der Waals surface area (Å²) in [6, 6.07) is 20.4. The Kier molecular flexibility index (Phi) is 14.5. The molecular formula is C49H47Cl2FN6O7S. The van der Waals surface area contributed by atoms with Crippen LogP contribution in [0.5, 0.6) is 23.1 Å².